The molecule has 0 fully saturated rings. The Kier molecular flexibility index (Phi) is 5.88. The number of fused-ring (bicyclic) bond motifs is 3. The first-order valence-electron chi connectivity index (χ1n) is 13.0. The maximum atomic E-state index is 11.7. The molecule has 5 rings (SSSR count). The molecule has 5 heteroatoms. The number of likely N-dealkylation sites (N-methyl/N-ethyl adjacent to an activating group) is 1. The van der Waals surface area contributed by atoms with Crippen LogP contribution >= 0.6 is 0 Å². The van der Waals surface area contributed by atoms with E-state index in [0.29, 0.717) is 18.1 Å². The third kappa shape index (κ3) is 3.82. The highest BCUT2D eigenvalue weighted by molar-refractivity contribution is 5.62. The number of ether oxygens (including phenoxy) is 3. The topological polar surface area (TPSA) is 51.2 Å². The molecule has 1 aliphatic carbocycles. The maximum absolute atomic E-state index is 11.7. The Hall–Kier alpha value is -2.24. The van der Waals surface area contributed by atoms with Gasteiger partial charge in [0.25, 0.3) is 0 Å². The lowest BCUT2D eigenvalue weighted by atomic mass is 9.58. The molecule has 2 heterocycles. The van der Waals surface area contributed by atoms with E-state index in [4.69, 9.17) is 14.2 Å². The van der Waals surface area contributed by atoms with Crippen molar-refractivity contribution in [1.29, 1.82) is 0 Å². The number of aliphatic hydroxyl groups excluding tert-OH is 1. The first-order valence-corrected chi connectivity index (χ1v) is 13.0. The number of rotatable bonds is 4. The molecule has 0 radical (unpaired) electrons. The number of aryl methyl sites for hydroxylation is 1. The minimum atomic E-state index is -0.577. The molecule has 3 atom stereocenters. The smallest absolute Gasteiger partial charge is 0.231 e. The van der Waals surface area contributed by atoms with Crippen LogP contribution in [0.3, 0.4) is 0 Å². The van der Waals surface area contributed by atoms with Gasteiger partial charge in [0.05, 0.1) is 13.2 Å². The average Bonchev–Trinajstić information content (AvgIpc) is 3.26. The number of aliphatic hydroxyl groups is 1. The summed E-state index contributed by atoms with van der Waals surface area (Å²) < 4.78 is 17.3. The van der Waals surface area contributed by atoms with Crippen LogP contribution in [0.4, 0.5) is 0 Å². The zero-order valence-electron chi connectivity index (χ0n) is 22.6. The molecule has 5 nitrogen and oxygen atoms in total. The van der Waals surface area contributed by atoms with Crippen molar-refractivity contribution in [2.24, 2.45) is 5.92 Å². The normalized spacial score (nSPS) is 25.1. The first-order chi connectivity index (χ1) is 16.5. The van der Waals surface area contributed by atoms with Crippen molar-refractivity contribution in [3.8, 4) is 17.2 Å². The summed E-state index contributed by atoms with van der Waals surface area (Å²) in [5.74, 6) is 2.80. The molecule has 190 valence electrons. The molecule has 0 aromatic heterocycles. The molecule has 35 heavy (non-hydrogen) atoms. The van der Waals surface area contributed by atoms with Gasteiger partial charge >= 0.3 is 0 Å². The Morgan fingerprint density at radius 1 is 1.14 bits per heavy atom. The minimum Gasteiger partial charge on any atom is -0.492 e. The lowest BCUT2D eigenvalue weighted by Crippen LogP contribution is -2.40. The summed E-state index contributed by atoms with van der Waals surface area (Å²) in [4.78, 5) is 2.33. The second-order valence-electron chi connectivity index (χ2n) is 12.2. The van der Waals surface area contributed by atoms with Gasteiger partial charge in [-0.25, -0.2) is 0 Å². The largest absolute Gasteiger partial charge is 0.492 e. The van der Waals surface area contributed by atoms with Crippen molar-refractivity contribution < 1.29 is 19.3 Å². The summed E-state index contributed by atoms with van der Waals surface area (Å²) in [5.41, 5.74) is 7.59. The summed E-state index contributed by atoms with van der Waals surface area (Å²) in [6, 6.07) is 6.78. The molecule has 0 amide bonds. The highest BCUT2D eigenvalue weighted by Gasteiger charge is 2.43. The molecule has 0 saturated heterocycles. The highest BCUT2D eigenvalue weighted by atomic mass is 16.7. The monoisotopic (exact) mass is 479 g/mol. The van der Waals surface area contributed by atoms with Gasteiger partial charge in [-0.1, -0.05) is 46.8 Å². The van der Waals surface area contributed by atoms with Crippen molar-refractivity contribution in [2.75, 3.05) is 27.5 Å². The second kappa shape index (κ2) is 8.41. The number of methoxy groups -OCH3 is 1. The lowest BCUT2D eigenvalue weighted by molar-refractivity contribution is 0.107. The lowest BCUT2D eigenvalue weighted by Gasteiger charge is -2.47. The Labute approximate surface area is 210 Å². The minimum absolute atomic E-state index is 0.0260. The van der Waals surface area contributed by atoms with Crippen LogP contribution in [0.2, 0.25) is 0 Å². The van der Waals surface area contributed by atoms with Gasteiger partial charge in [-0.2, -0.15) is 0 Å². The first kappa shape index (κ1) is 24.5. The fourth-order valence-electron chi connectivity index (χ4n) is 6.73. The molecule has 3 aliphatic rings. The zero-order chi connectivity index (χ0) is 25.3. The van der Waals surface area contributed by atoms with E-state index in [1.54, 1.807) is 7.11 Å². The standard InChI is InChI=1S/C30H41NO4/c1-17-11-22-21(29(3,4)15-18(2)30(22,5)6)13-20(17)24(32)14-23-26-19(9-10-31(23)7)12-25-27(28(26)33-8)35-16-34-25/h11-13,18,23-24,32H,9-10,14-16H2,1-8H3/t18-,23-,24+/m1/s1. The highest BCUT2D eigenvalue weighted by Crippen LogP contribution is 2.52. The van der Waals surface area contributed by atoms with Gasteiger partial charge in [-0.05, 0) is 83.9 Å². The van der Waals surface area contributed by atoms with Gasteiger partial charge in [0.15, 0.2) is 11.5 Å². The van der Waals surface area contributed by atoms with E-state index in [1.165, 1.54) is 22.3 Å². The summed E-state index contributed by atoms with van der Waals surface area (Å²) in [6.07, 6.45) is 2.09. The molecule has 2 aromatic carbocycles. The number of hydrogen-bond donors (Lipinski definition) is 1. The zero-order valence-corrected chi connectivity index (χ0v) is 22.6. The molecule has 2 aliphatic heterocycles. The van der Waals surface area contributed by atoms with Crippen molar-refractivity contribution in [3.05, 3.63) is 51.6 Å². The van der Waals surface area contributed by atoms with Crippen molar-refractivity contribution in [3.63, 3.8) is 0 Å². The van der Waals surface area contributed by atoms with Crippen LogP contribution < -0.4 is 14.2 Å². The maximum Gasteiger partial charge on any atom is 0.231 e. The van der Waals surface area contributed by atoms with Gasteiger partial charge in [0.2, 0.25) is 12.5 Å². The molecular formula is C30H41NO4. The van der Waals surface area contributed by atoms with Crippen LogP contribution in [0.25, 0.3) is 0 Å². The Bertz CT molecular complexity index is 1150. The van der Waals surface area contributed by atoms with Crippen molar-refractivity contribution in [1.82, 2.24) is 4.90 Å². The van der Waals surface area contributed by atoms with Gasteiger partial charge < -0.3 is 19.3 Å². The fraction of sp³-hybridized carbons (Fsp3) is 0.600. The number of benzene rings is 2. The van der Waals surface area contributed by atoms with Crippen LogP contribution in [0, 0.1) is 12.8 Å². The summed E-state index contributed by atoms with van der Waals surface area (Å²) in [7, 11) is 3.83. The van der Waals surface area contributed by atoms with Crippen molar-refractivity contribution in [2.45, 2.75) is 83.8 Å². The van der Waals surface area contributed by atoms with Crippen molar-refractivity contribution >= 4 is 0 Å². The number of nitrogens with zero attached hydrogens (tertiary/aromatic N) is 1. The van der Waals surface area contributed by atoms with Crippen LogP contribution in [-0.2, 0) is 17.3 Å². The van der Waals surface area contributed by atoms with E-state index < -0.39 is 6.10 Å². The van der Waals surface area contributed by atoms with Crippen LogP contribution in [0.1, 0.15) is 93.0 Å². The fourth-order valence-corrected chi connectivity index (χ4v) is 6.73. The van der Waals surface area contributed by atoms with E-state index in [-0.39, 0.29) is 23.7 Å². The third-order valence-electron chi connectivity index (χ3n) is 9.23. The number of hydrogen-bond acceptors (Lipinski definition) is 5. The average molecular weight is 480 g/mol. The van der Waals surface area contributed by atoms with Crippen LogP contribution in [0.5, 0.6) is 17.2 Å². The molecule has 1 N–H and O–H groups in total. The third-order valence-corrected chi connectivity index (χ3v) is 9.23. The molecule has 0 unspecified atom stereocenters. The molecular weight excluding hydrogens is 438 g/mol. The molecule has 0 spiro atoms. The van der Waals surface area contributed by atoms with E-state index in [9.17, 15) is 5.11 Å². The molecule has 0 bridgehead atoms. The Balaban J connectivity index is 1.54. The molecule has 0 saturated carbocycles. The SMILES string of the molecule is COc1c2c(cc3c1[C@@H](C[C@H](O)c1cc4c(cc1C)C(C)(C)[C@H](C)CC4(C)C)N(C)CC3)OCO2. The molecule has 2 aromatic rings. The Morgan fingerprint density at radius 2 is 1.89 bits per heavy atom. The van der Waals surface area contributed by atoms with E-state index in [1.807, 2.05) is 0 Å². The summed E-state index contributed by atoms with van der Waals surface area (Å²) >= 11 is 0. The predicted molar refractivity (Wildman–Crippen MR) is 139 cm³/mol. The second-order valence-corrected chi connectivity index (χ2v) is 12.2. The van der Waals surface area contributed by atoms with E-state index in [0.717, 1.165) is 42.0 Å². The summed E-state index contributed by atoms with van der Waals surface area (Å²) in [6.45, 7) is 15.1. The van der Waals surface area contributed by atoms with E-state index >= 15 is 0 Å². The summed E-state index contributed by atoms with van der Waals surface area (Å²) in [5, 5.41) is 11.7. The quantitative estimate of drug-likeness (QED) is 0.585. The van der Waals surface area contributed by atoms with Gasteiger partial charge in [0, 0.05) is 18.2 Å². The van der Waals surface area contributed by atoms with Gasteiger partial charge in [-0.3, -0.25) is 4.90 Å². The van der Waals surface area contributed by atoms with Gasteiger partial charge in [-0.15, -0.1) is 0 Å². The van der Waals surface area contributed by atoms with Gasteiger partial charge in [0.1, 0.15) is 0 Å². The van der Waals surface area contributed by atoms with Crippen LogP contribution in [-0.4, -0.2) is 37.5 Å². The van der Waals surface area contributed by atoms with Crippen LogP contribution in [0.15, 0.2) is 18.2 Å². The predicted octanol–water partition coefficient (Wildman–Crippen LogP) is 5.98. The van der Waals surface area contributed by atoms with E-state index in [2.05, 4.69) is 71.7 Å². The Morgan fingerprint density at radius 3 is 2.60 bits per heavy atom.